The number of hydrogen-bond acceptors (Lipinski definition) is 2. The lowest BCUT2D eigenvalue weighted by Gasteiger charge is -2.13. The number of alkyl halides is 3. The van der Waals surface area contributed by atoms with Crippen LogP contribution in [0.2, 0.25) is 10.0 Å². The molecule has 0 saturated carbocycles. The lowest BCUT2D eigenvalue weighted by molar-refractivity contribution is -0.143. The summed E-state index contributed by atoms with van der Waals surface area (Å²) >= 11 is 12.0. The number of aryl methyl sites for hydroxylation is 1. The lowest BCUT2D eigenvalue weighted by Crippen LogP contribution is -2.16. The SMILES string of the molecule is Cc1cc(/C=N/Nc2c(F)c(F)c(C(F)(F)F)c(F)c2F)c(C)n1-c1ccc(Cl)c(Cl)c1. The molecule has 2 aromatic carbocycles. The minimum atomic E-state index is -5.63. The molecule has 3 rings (SSSR count). The van der Waals surface area contributed by atoms with Crippen molar-refractivity contribution in [2.45, 2.75) is 20.0 Å². The normalized spacial score (nSPS) is 12.1. The highest BCUT2D eigenvalue weighted by Gasteiger charge is 2.42. The van der Waals surface area contributed by atoms with Crippen molar-refractivity contribution in [2.24, 2.45) is 5.10 Å². The number of nitrogens with one attached hydrogen (secondary N) is 1. The van der Waals surface area contributed by atoms with E-state index in [2.05, 4.69) is 5.10 Å². The van der Waals surface area contributed by atoms with Gasteiger partial charge in [-0.05, 0) is 38.1 Å². The van der Waals surface area contributed by atoms with Crippen molar-refractivity contribution in [3.63, 3.8) is 0 Å². The number of hydrogen-bond donors (Lipinski definition) is 1. The third-order valence-electron chi connectivity index (χ3n) is 4.56. The van der Waals surface area contributed by atoms with E-state index < -0.39 is 40.7 Å². The van der Waals surface area contributed by atoms with Crippen LogP contribution >= 0.6 is 23.2 Å². The molecule has 0 atom stereocenters. The highest BCUT2D eigenvalue weighted by atomic mass is 35.5. The summed E-state index contributed by atoms with van der Waals surface area (Å²) in [5.41, 5.74) is -0.0105. The highest BCUT2D eigenvalue weighted by molar-refractivity contribution is 6.42. The smallest absolute Gasteiger partial charge is 0.318 e. The number of anilines is 1. The van der Waals surface area contributed by atoms with Crippen molar-refractivity contribution in [3.05, 3.63) is 80.1 Å². The Morgan fingerprint density at radius 1 is 0.906 bits per heavy atom. The molecule has 1 N–H and O–H groups in total. The van der Waals surface area contributed by atoms with Gasteiger partial charge in [0.1, 0.15) is 11.3 Å². The monoisotopic (exact) mass is 497 g/mol. The minimum absolute atomic E-state index is 0.311. The van der Waals surface area contributed by atoms with Crippen molar-refractivity contribution >= 4 is 35.1 Å². The third kappa shape index (κ3) is 4.29. The molecule has 1 aromatic heterocycles. The molecule has 0 fully saturated rings. The molecular formula is C20H12Cl2F7N3. The van der Waals surface area contributed by atoms with Gasteiger partial charge in [-0.1, -0.05) is 23.2 Å². The van der Waals surface area contributed by atoms with Crippen molar-refractivity contribution in [1.29, 1.82) is 0 Å². The molecule has 0 saturated heterocycles. The molecule has 0 bridgehead atoms. The predicted octanol–water partition coefficient (Wildman–Crippen LogP) is 7.42. The van der Waals surface area contributed by atoms with Crippen molar-refractivity contribution in [1.82, 2.24) is 4.57 Å². The van der Waals surface area contributed by atoms with Crippen LogP contribution in [-0.4, -0.2) is 10.8 Å². The zero-order chi connectivity index (χ0) is 24.0. The second-order valence-electron chi connectivity index (χ2n) is 6.63. The molecule has 32 heavy (non-hydrogen) atoms. The van der Waals surface area contributed by atoms with Crippen LogP contribution in [0.15, 0.2) is 29.4 Å². The Balaban J connectivity index is 1.95. The maximum absolute atomic E-state index is 14.0. The Hall–Kier alpha value is -2.72. The summed E-state index contributed by atoms with van der Waals surface area (Å²) in [6.07, 6.45) is -4.54. The van der Waals surface area contributed by atoms with Gasteiger partial charge < -0.3 is 4.57 Å². The van der Waals surface area contributed by atoms with E-state index in [1.54, 1.807) is 48.1 Å². The number of nitrogens with zero attached hydrogens (tertiary/aromatic N) is 2. The fraction of sp³-hybridized carbons (Fsp3) is 0.150. The summed E-state index contributed by atoms with van der Waals surface area (Å²) < 4.78 is 95.1. The summed E-state index contributed by atoms with van der Waals surface area (Å²) in [6, 6.07) is 6.55. The van der Waals surface area contributed by atoms with E-state index in [9.17, 15) is 30.7 Å². The molecule has 1 heterocycles. The molecule has 0 amide bonds. The predicted molar refractivity (Wildman–Crippen MR) is 108 cm³/mol. The van der Waals surface area contributed by atoms with Crippen LogP contribution < -0.4 is 5.43 Å². The maximum Gasteiger partial charge on any atom is 0.422 e. The van der Waals surface area contributed by atoms with Crippen LogP contribution in [0.5, 0.6) is 0 Å². The molecule has 12 heteroatoms. The first kappa shape index (κ1) is 23.9. The van der Waals surface area contributed by atoms with E-state index in [1.165, 1.54) is 0 Å². The van der Waals surface area contributed by atoms with Gasteiger partial charge in [-0.15, -0.1) is 0 Å². The summed E-state index contributed by atoms with van der Waals surface area (Å²) in [4.78, 5) is 0. The minimum Gasteiger partial charge on any atom is -0.318 e. The van der Waals surface area contributed by atoms with Crippen LogP contribution in [0.4, 0.5) is 36.4 Å². The number of hydrazone groups is 1. The van der Waals surface area contributed by atoms with Gasteiger partial charge in [-0.25, -0.2) is 17.6 Å². The van der Waals surface area contributed by atoms with Crippen LogP contribution in [0, 0.1) is 37.1 Å². The fourth-order valence-corrected chi connectivity index (χ4v) is 3.38. The number of benzene rings is 2. The van der Waals surface area contributed by atoms with Crippen LogP contribution in [0.3, 0.4) is 0 Å². The molecule has 0 aliphatic rings. The van der Waals surface area contributed by atoms with Crippen LogP contribution in [-0.2, 0) is 6.18 Å². The largest absolute Gasteiger partial charge is 0.422 e. The van der Waals surface area contributed by atoms with Gasteiger partial charge in [0, 0.05) is 22.6 Å². The zero-order valence-corrected chi connectivity index (χ0v) is 17.7. The summed E-state index contributed by atoms with van der Waals surface area (Å²) in [5, 5.41) is 4.18. The Morgan fingerprint density at radius 3 is 2.03 bits per heavy atom. The molecule has 0 aliphatic heterocycles. The fourth-order valence-electron chi connectivity index (χ4n) is 3.08. The summed E-state index contributed by atoms with van der Waals surface area (Å²) in [6.45, 7) is 3.44. The topological polar surface area (TPSA) is 29.3 Å². The first-order valence-electron chi connectivity index (χ1n) is 8.71. The van der Waals surface area contributed by atoms with E-state index in [1.807, 2.05) is 0 Å². The second-order valence-corrected chi connectivity index (χ2v) is 7.45. The van der Waals surface area contributed by atoms with Crippen molar-refractivity contribution in [3.8, 4) is 5.69 Å². The Morgan fingerprint density at radius 2 is 1.50 bits per heavy atom. The van der Waals surface area contributed by atoms with Crippen molar-refractivity contribution in [2.75, 3.05) is 5.43 Å². The molecule has 3 aromatic rings. The van der Waals surface area contributed by atoms with Crippen LogP contribution in [0.1, 0.15) is 22.5 Å². The Labute approximate surface area is 187 Å². The molecule has 0 aliphatic carbocycles. The Bertz CT molecular complexity index is 1200. The van der Waals surface area contributed by atoms with E-state index >= 15 is 0 Å². The van der Waals surface area contributed by atoms with E-state index in [0.717, 1.165) is 6.21 Å². The number of aromatic nitrogens is 1. The summed E-state index contributed by atoms with van der Waals surface area (Å²) in [7, 11) is 0. The average molecular weight is 498 g/mol. The van der Waals surface area contributed by atoms with Gasteiger partial charge in [0.15, 0.2) is 23.3 Å². The molecular weight excluding hydrogens is 486 g/mol. The summed E-state index contributed by atoms with van der Waals surface area (Å²) in [5.74, 6) is -9.66. The first-order valence-corrected chi connectivity index (χ1v) is 9.46. The van der Waals surface area contributed by atoms with Gasteiger partial charge in [-0.3, -0.25) is 5.43 Å². The molecule has 0 radical (unpaired) electrons. The average Bonchev–Trinajstić information content (AvgIpc) is 2.97. The van der Waals surface area contributed by atoms with Gasteiger partial charge in [0.2, 0.25) is 0 Å². The third-order valence-corrected chi connectivity index (χ3v) is 5.30. The molecule has 3 nitrogen and oxygen atoms in total. The Kier molecular flexibility index (Phi) is 6.48. The van der Waals surface area contributed by atoms with Gasteiger partial charge in [-0.2, -0.15) is 18.3 Å². The molecule has 0 spiro atoms. The lowest BCUT2D eigenvalue weighted by atomic mass is 10.1. The highest BCUT2D eigenvalue weighted by Crippen LogP contribution is 2.38. The van der Waals surface area contributed by atoms with Crippen LogP contribution in [0.25, 0.3) is 5.69 Å². The van der Waals surface area contributed by atoms with Gasteiger partial charge in [0.05, 0.1) is 16.3 Å². The van der Waals surface area contributed by atoms with Crippen molar-refractivity contribution < 1.29 is 30.7 Å². The van der Waals surface area contributed by atoms with E-state index in [0.29, 0.717) is 32.7 Å². The van der Waals surface area contributed by atoms with Gasteiger partial charge >= 0.3 is 6.18 Å². The quantitative estimate of drug-likeness (QED) is 0.173. The first-order chi connectivity index (χ1) is 14.8. The number of halogens is 9. The zero-order valence-electron chi connectivity index (χ0n) is 16.2. The maximum atomic E-state index is 14.0. The van der Waals surface area contributed by atoms with E-state index in [-0.39, 0.29) is 0 Å². The molecule has 0 unspecified atom stereocenters. The van der Waals surface area contributed by atoms with E-state index in [4.69, 9.17) is 23.2 Å². The van der Waals surface area contributed by atoms with Gasteiger partial charge in [0.25, 0.3) is 0 Å². The standard InChI is InChI=1S/C20H12Cl2F7N3/c1-8-5-10(9(2)32(8)11-3-4-12(21)13(22)6-11)7-30-31-19-17(25)15(23)14(20(27,28)29)16(24)18(19)26/h3-7,31H,1-2H3/b30-7+. The molecule has 170 valence electrons. The second kappa shape index (κ2) is 8.67. The number of rotatable bonds is 4.